The summed E-state index contributed by atoms with van der Waals surface area (Å²) in [7, 11) is 0. The standard InChI is InChI=1S/C11H23NO/c1-10(2)5-4-6-12-7-8-13-11(3)9-12/h10-11H,4-9H2,1-3H3. The Morgan fingerprint density at radius 3 is 2.85 bits per heavy atom. The fourth-order valence-corrected chi connectivity index (χ4v) is 1.82. The topological polar surface area (TPSA) is 12.5 Å². The Labute approximate surface area is 82.3 Å². The van der Waals surface area contributed by atoms with Crippen molar-refractivity contribution < 1.29 is 4.74 Å². The Morgan fingerprint density at radius 2 is 2.23 bits per heavy atom. The first kappa shape index (κ1) is 11.0. The molecule has 0 aromatic carbocycles. The van der Waals surface area contributed by atoms with E-state index in [9.17, 15) is 0 Å². The highest BCUT2D eigenvalue weighted by molar-refractivity contribution is 4.67. The predicted octanol–water partition coefficient (Wildman–Crippen LogP) is 2.14. The van der Waals surface area contributed by atoms with Gasteiger partial charge in [-0.3, -0.25) is 4.90 Å². The molecule has 0 saturated carbocycles. The third-order valence-electron chi connectivity index (χ3n) is 2.58. The van der Waals surface area contributed by atoms with Crippen LogP contribution in [0.1, 0.15) is 33.6 Å². The first-order chi connectivity index (χ1) is 6.18. The molecule has 13 heavy (non-hydrogen) atoms. The number of rotatable bonds is 4. The van der Waals surface area contributed by atoms with Crippen molar-refractivity contribution >= 4 is 0 Å². The molecule has 1 saturated heterocycles. The Hall–Kier alpha value is -0.0800. The number of morpholine rings is 1. The van der Waals surface area contributed by atoms with Gasteiger partial charge in [0.05, 0.1) is 12.7 Å². The summed E-state index contributed by atoms with van der Waals surface area (Å²) in [6.07, 6.45) is 3.13. The van der Waals surface area contributed by atoms with E-state index in [-0.39, 0.29) is 0 Å². The van der Waals surface area contributed by atoms with E-state index < -0.39 is 0 Å². The molecule has 1 rings (SSSR count). The Bertz CT molecular complexity index is 136. The van der Waals surface area contributed by atoms with Crippen molar-refractivity contribution in [2.75, 3.05) is 26.2 Å². The van der Waals surface area contributed by atoms with Gasteiger partial charge in [0.25, 0.3) is 0 Å². The maximum Gasteiger partial charge on any atom is 0.0674 e. The monoisotopic (exact) mass is 185 g/mol. The maximum absolute atomic E-state index is 5.49. The van der Waals surface area contributed by atoms with Gasteiger partial charge in [-0.15, -0.1) is 0 Å². The van der Waals surface area contributed by atoms with E-state index in [2.05, 4.69) is 25.7 Å². The van der Waals surface area contributed by atoms with Crippen LogP contribution in [0.5, 0.6) is 0 Å². The molecular weight excluding hydrogens is 162 g/mol. The van der Waals surface area contributed by atoms with Gasteiger partial charge in [-0.1, -0.05) is 13.8 Å². The van der Waals surface area contributed by atoms with Gasteiger partial charge in [-0.2, -0.15) is 0 Å². The first-order valence-electron chi connectivity index (χ1n) is 5.52. The molecule has 0 spiro atoms. The van der Waals surface area contributed by atoms with Crippen LogP contribution in [-0.2, 0) is 4.74 Å². The molecular formula is C11H23NO. The van der Waals surface area contributed by atoms with Gasteiger partial charge >= 0.3 is 0 Å². The zero-order valence-electron chi connectivity index (χ0n) is 9.25. The molecule has 0 amide bonds. The van der Waals surface area contributed by atoms with Crippen LogP contribution in [0.2, 0.25) is 0 Å². The second-order valence-electron chi connectivity index (χ2n) is 4.52. The Kier molecular flexibility index (Phi) is 4.74. The summed E-state index contributed by atoms with van der Waals surface area (Å²) >= 11 is 0. The first-order valence-corrected chi connectivity index (χ1v) is 5.52. The minimum atomic E-state index is 0.438. The van der Waals surface area contributed by atoms with Crippen molar-refractivity contribution in [1.29, 1.82) is 0 Å². The third kappa shape index (κ3) is 4.63. The highest BCUT2D eigenvalue weighted by Crippen LogP contribution is 2.08. The van der Waals surface area contributed by atoms with E-state index >= 15 is 0 Å². The predicted molar refractivity (Wildman–Crippen MR) is 55.9 cm³/mol. The summed E-state index contributed by atoms with van der Waals surface area (Å²) < 4.78 is 5.49. The average Bonchev–Trinajstić information content (AvgIpc) is 2.03. The lowest BCUT2D eigenvalue weighted by Gasteiger charge is -2.31. The fraction of sp³-hybridized carbons (Fsp3) is 1.00. The average molecular weight is 185 g/mol. The van der Waals surface area contributed by atoms with Crippen LogP contribution in [0.3, 0.4) is 0 Å². The van der Waals surface area contributed by atoms with Gasteiger partial charge in [0, 0.05) is 13.1 Å². The largest absolute Gasteiger partial charge is 0.376 e. The van der Waals surface area contributed by atoms with Gasteiger partial charge < -0.3 is 4.74 Å². The Morgan fingerprint density at radius 1 is 1.46 bits per heavy atom. The highest BCUT2D eigenvalue weighted by atomic mass is 16.5. The number of nitrogens with zero attached hydrogens (tertiary/aromatic N) is 1. The zero-order chi connectivity index (χ0) is 9.68. The van der Waals surface area contributed by atoms with Gasteiger partial charge in [0.1, 0.15) is 0 Å². The minimum Gasteiger partial charge on any atom is -0.376 e. The number of hydrogen-bond donors (Lipinski definition) is 0. The van der Waals surface area contributed by atoms with Crippen LogP contribution in [0.15, 0.2) is 0 Å². The van der Waals surface area contributed by atoms with Crippen LogP contribution >= 0.6 is 0 Å². The molecule has 0 radical (unpaired) electrons. The molecule has 0 aromatic heterocycles. The van der Waals surface area contributed by atoms with Crippen LogP contribution in [-0.4, -0.2) is 37.2 Å². The molecule has 0 bridgehead atoms. The van der Waals surface area contributed by atoms with Crippen molar-refractivity contribution in [3.8, 4) is 0 Å². The van der Waals surface area contributed by atoms with Crippen molar-refractivity contribution in [2.24, 2.45) is 5.92 Å². The van der Waals surface area contributed by atoms with Gasteiger partial charge in [-0.05, 0) is 32.2 Å². The van der Waals surface area contributed by atoms with E-state index in [1.54, 1.807) is 0 Å². The highest BCUT2D eigenvalue weighted by Gasteiger charge is 2.15. The summed E-state index contributed by atoms with van der Waals surface area (Å²) in [4.78, 5) is 2.52. The van der Waals surface area contributed by atoms with Crippen molar-refractivity contribution in [1.82, 2.24) is 4.90 Å². The molecule has 1 aliphatic heterocycles. The lowest BCUT2D eigenvalue weighted by atomic mass is 10.1. The third-order valence-corrected chi connectivity index (χ3v) is 2.58. The normalized spacial score (nSPS) is 25.4. The van der Waals surface area contributed by atoms with Crippen LogP contribution in [0, 0.1) is 5.92 Å². The smallest absolute Gasteiger partial charge is 0.0674 e. The minimum absolute atomic E-state index is 0.438. The molecule has 1 heterocycles. The molecule has 1 unspecified atom stereocenters. The van der Waals surface area contributed by atoms with E-state index in [0.717, 1.165) is 25.6 Å². The molecule has 1 aliphatic rings. The van der Waals surface area contributed by atoms with E-state index in [1.165, 1.54) is 19.4 Å². The van der Waals surface area contributed by atoms with Crippen molar-refractivity contribution in [3.63, 3.8) is 0 Å². The van der Waals surface area contributed by atoms with E-state index in [1.807, 2.05) is 0 Å². The fourth-order valence-electron chi connectivity index (χ4n) is 1.82. The van der Waals surface area contributed by atoms with Gasteiger partial charge in [0.15, 0.2) is 0 Å². The zero-order valence-corrected chi connectivity index (χ0v) is 9.25. The summed E-state index contributed by atoms with van der Waals surface area (Å²) in [6.45, 7) is 11.2. The maximum atomic E-state index is 5.49. The molecule has 78 valence electrons. The quantitative estimate of drug-likeness (QED) is 0.665. The van der Waals surface area contributed by atoms with Gasteiger partial charge in [0.2, 0.25) is 0 Å². The molecule has 0 aromatic rings. The lowest BCUT2D eigenvalue weighted by molar-refractivity contribution is -0.0187. The summed E-state index contributed by atoms with van der Waals surface area (Å²) in [5.74, 6) is 0.846. The summed E-state index contributed by atoms with van der Waals surface area (Å²) in [5, 5.41) is 0. The lowest BCUT2D eigenvalue weighted by Crippen LogP contribution is -2.41. The number of hydrogen-bond acceptors (Lipinski definition) is 2. The Balaban J connectivity index is 2.06. The second-order valence-corrected chi connectivity index (χ2v) is 4.52. The molecule has 0 aliphatic carbocycles. The van der Waals surface area contributed by atoms with E-state index in [4.69, 9.17) is 4.74 Å². The van der Waals surface area contributed by atoms with Gasteiger partial charge in [-0.25, -0.2) is 0 Å². The van der Waals surface area contributed by atoms with Crippen LogP contribution < -0.4 is 0 Å². The molecule has 1 atom stereocenters. The SMILES string of the molecule is CC(C)CCCN1CCOC(C)C1. The second kappa shape index (κ2) is 5.61. The molecule has 1 fully saturated rings. The van der Waals surface area contributed by atoms with Crippen molar-refractivity contribution in [3.05, 3.63) is 0 Å². The number of ether oxygens (including phenoxy) is 1. The molecule has 2 nitrogen and oxygen atoms in total. The molecule has 0 N–H and O–H groups in total. The summed E-state index contributed by atoms with van der Waals surface area (Å²) in [5.41, 5.74) is 0. The van der Waals surface area contributed by atoms with E-state index in [0.29, 0.717) is 6.10 Å². The van der Waals surface area contributed by atoms with Crippen LogP contribution in [0.25, 0.3) is 0 Å². The summed E-state index contributed by atoms with van der Waals surface area (Å²) in [6, 6.07) is 0. The van der Waals surface area contributed by atoms with Crippen LogP contribution in [0.4, 0.5) is 0 Å². The van der Waals surface area contributed by atoms with Crippen molar-refractivity contribution in [2.45, 2.75) is 39.7 Å². The molecule has 2 heteroatoms.